The maximum absolute atomic E-state index is 10.8. The summed E-state index contributed by atoms with van der Waals surface area (Å²) in [5.41, 5.74) is 6.47. The van der Waals surface area contributed by atoms with E-state index in [2.05, 4.69) is 15.1 Å². The van der Waals surface area contributed by atoms with E-state index in [1.807, 2.05) is 6.07 Å². The van der Waals surface area contributed by atoms with E-state index in [9.17, 15) is 15.3 Å². The zero-order valence-electron chi connectivity index (χ0n) is 11.5. The van der Waals surface area contributed by atoms with E-state index in [0.717, 1.165) is 0 Å². The lowest BCUT2D eigenvalue weighted by molar-refractivity contribution is 0.374. The Kier molecular flexibility index (Phi) is 4.29. The molecule has 1 heterocycles. The summed E-state index contributed by atoms with van der Waals surface area (Å²) in [5.74, 6) is -0.376. The molecule has 0 amide bonds. The van der Waals surface area contributed by atoms with Gasteiger partial charge in [-0.3, -0.25) is 9.97 Å². The summed E-state index contributed by atoms with van der Waals surface area (Å²) in [7, 11) is 1.32. The molecule has 2 rings (SSSR count). The van der Waals surface area contributed by atoms with Crippen LogP contribution in [-0.4, -0.2) is 22.2 Å². The van der Waals surface area contributed by atoms with Crippen LogP contribution in [-0.2, 0) is 0 Å². The molecule has 0 aliphatic rings. The van der Waals surface area contributed by atoms with E-state index in [1.165, 1.54) is 37.8 Å². The van der Waals surface area contributed by atoms with Gasteiger partial charge in [-0.05, 0) is 17.3 Å². The molecule has 0 radical (unpaired) electrons. The van der Waals surface area contributed by atoms with Gasteiger partial charge in [0.15, 0.2) is 17.2 Å². The van der Waals surface area contributed by atoms with Crippen molar-refractivity contribution < 1.29 is 9.84 Å². The molecule has 1 aromatic heterocycles. The van der Waals surface area contributed by atoms with Gasteiger partial charge in [0.25, 0.3) is 0 Å². The molecule has 2 aromatic rings. The Balaban J connectivity index is 2.66. The molecule has 0 unspecified atom stereocenters. The molecule has 22 heavy (non-hydrogen) atoms. The molecule has 0 bridgehead atoms. The number of nitrogens with two attached hydrogens (primary N) is 1. The first-order valence-electron chi connectivity index (χ1n) is 6.03. The van der Waals surface area contributed by atoms with Crippen LogP contribution < -0.4 is 10.5 Å². The van der Waals surface area contributed by atoms with Crippen molar-refractivity contribution >= 4 is 17.0 Å². The average molecular weight is 297 g/mol. The molecule has 0 saturated carbocycles. The molecule has 8 heteroatoms. The van der Waals surface area contributed by atoms with Crippen LogP contribution in [0.25, 0.3) is 11.3 Å². The molecule has 0 atom stereocenters. The van der Waals surface area contributed by atoms with Gasteiger partial charge in [-0.15, -0.1) is 4.91 Å². The zero-order chi connectivity index (χ0) is 16.1. The van der Waals surface area contributed by atoms with Crippen LogP contribution in [0, 0.1) is 16.2 Å². The van der Waals surface area contributed by atoms with Crippen molar-refractivity contribution in [3.63, 3.8) is 0 Å². The van der Waals surface area contributed by atoms with Crippen LogP contribution >= 0.6 is 0 Å². The first kappa shape index (κ1) is 14.9. The summed E-state index contributed by atoms with van der Waals surface area (Å²) in [6.45, 7) is 0. The highest BCUT2D eigenvalue weighted by atomic mass is 16.5. The SMILES string of the molecule is COc1cc(/C(N)=C(\C#N)c2cnccn2)cc(N=O)c1O. The summed E-state index contributed by atoms with van der Waals surface area (Å²) in [6.07, 6.45) is 4.28. The predicted octanol–water partition coefficient (Wildman–Crippen LogP) is 1.94. The number of aromatic nitrogens is 2. The molecule has 1 aromatic carbocycles. The smallest absolute Gasteiger partial charge is 0.187 e. The standard InChI is InChI=1S/C14H11N5O3/c1-22-12-5-8(4-10(19-21)14(12)20)13(16)9(6-15)11-7-17-2-3-18-11/h2-5,7,20H,16H2,1H3/b13-9-. The normalized spacial score (nSPS) is 11.3. The second-order valence-corrected chi connectivity index (χ2v) is 4.13. The minimum absolute atomic E-state index is 0.0199. The quantitative estimate of drug-likeness (QED) is 0.650. The minimum atomic E-state index is -0.396. The maximum atomic E-state index is 10.8. The highest BCUT2D eigenvalue weighted by Crippen LogP contribution is 2.39. The van der Waals surface area contributed by atoms with Gasteiger partial charge in [0, 0.05) is 18.0 Å². The number of phenolic OH excluding ortho intramolecular Hbond substituents is 1. The summed E-state index contributed by atoms with van der Waals surface area (Å²) >= 11 is 0. The second kappa shape index (κ2) is 6.32. The fourth-order valence-electron chi connectivity index (χ4n) is 1.80. The maximum Gasteiger partial charge on any atom is 0.187 e. The number of aromatic hydroxyl groups is 1. The first-order chi connectivity index (χ1) is 10.6. The van der Waals surface area contributed by atoms with E-state index in [-0.39, 0.29) is 28.4 Å². The number of hydrogen-bond acceptors (Lipinski definition) is 8. The molecule has 0 spiro atoms. The Labute approximate surface area is 125 Å². The molecule has 3 N–H and O–H groups in total. The summed E-state index contributed by atoms with van der Waals surface area (Å²) < 4.78 is 4.96. The second-order valence-electron chi connectivity index (χ2n) is 4.13. The lowest BCUT2D eigenvalue weighted by Crippen LogP contribution is -2.02. The zero-order valence-corrected chi connectivity index (χ0v) is 11.5. The number of phenols is 1. The number of allylic oxidation sites excluding steroid dienone is 1. The average Bonchev–Trinajstić information content (AvgIpc) is 2.56. The van der Waals surface area contributed by atoms with Crippen molar-refractivity contribution in [2.24, 2.45) is 10.9 Å². The Bertz CT molecular complexity index is 781. The fraction of sp³-hybridized carbons (Fsp3) is 0.0714. The van der Waals surface area contributed by atoms with E-state index in [1.54, 1.807) is 0 Å². The van der Waals surface area contributed by atoms with E-state index < -0.39 is 5.75 Å². The molecule has 0 fully saturated rings. The number of benzene rings is 1. The van der Waals surface area contributed by atoms with E-state index in [4.69, 9.17) is 10.5 Å². The van der Waals surface area contributed by atoms with Crippen LogP contribution in [0.4, 0.5) is 5.69 Å². The largest absolute Gasteiger partial charge is 0.503 e. The molecule has 0 aliphatic heterocycles. The third-order valence-electron chi connectivity index (χ3n) is 2.88. The molecule has 8 nitrogen and oxygen atoms in total. The van der Waals surface area contributed by atoms with Gasteiger partial charge in [0.1, 0.15) is 17.3 Å². The number of nitriles is 1. The third kappa shape index (κ3) is 2.69. The van der Waals surface area contributed by atoms with Crippen LogP contribution in [0.5, 0.6) is 11.5 Å². The monoisotopic (exact) mass is 297 g/mol. The highest BCUT2D eigenvalue weighted by molar-refractivity contribution is 5.95. The van der Waals surface area contributed by atoms with E-state index >= 15 is 0 Å². The van der Waals surface area contributed by atoms with Crippen molar-refractivity contribution in [2.45, 2.75) is 0 Å². The Hall–Kier alpha value is -3.47. The molecule has 0 aliphatic carbocycles. The molecular formula is C14H11N5O3. The van der Waals surface area contributed by atoms with Crippen molar-refractivity contribution in [3.8, 4) is 17.6 Å². The van der Waals surface area contributed by atoms with Gasteiger partial charge in [-0.1, -0.05) is 0 Å². The number of methoxy groups -OCH3 is 1. The van der Waals surface area contributed by atoms with Gasteiger partial charge in [-0.25, -0.2) is 0 Å². The van der Waals surface area contributed by atoms with Gasteiger partial charge >= 0.3 is 0 Å². The van der Waals surface area contributed by atoms with E-state index in [0.29, 0.717) is 5.56 Å². The van der Waals surface area contributed by atoms with Crippen LogP contribution in [0.1, 0.15) is 11.3 Å². The first-order valence-corrected chi connectivity index (χ1v) is 6.03. The van der Waals surface area contributed by atoms with Crippen molar-refractivity contribution in [1.29, 1.82) is 5.26 Å². The predicted molar refractivity (Wildman–Crippen MR) is 78.8 cm³/mol. The Morgan fingerprint density at radius 1 is 1.45 bits per heavy atom. The molecule has 0 saturated heterocycles. The lowest BCUT2D eigenvalue weighted by Gasteiger charge is -2.10. The van der Waals surface area contributed by atoms with Crippen LogP contribution in [0.3, 0.4) is 0 Å². The summed E-state index contributed by atoms with van der Waals surface area (Å²) in [6, 6.07) is 4.60. The third-order valence-corrected chi connectivity index (χ3v) is 2.88. The van der Waals surface area contributed by atoms with Gasteiger partial charge < -0.3 is 15.6 Å². The van der Waals surface area contributed by atoms with Gasteiger partial charge in [0.2, 0.25) is 0 Å². The summed E-state index contributed by atoms with van der Waals surface area (Å²) in [5, 5.41) is 21.8. The Morgan fingerprint density at radius 3 is 2.77 bits per heavy atom. The van der Waals surface area contributed by atoms with Gasteiger partial charge in [-0.2, -0.15) is 5.26 Å². The van der Waals surface area contributed by atoms with Crippen molar-refractivity contribution in [2.75, 3.05) is 7.11 Å². The molecule has 110 valence electrons. The number of ether oxygens (including phenoxy) is 1. The van der Waals surface area contributed by atoms with Crippen molar-refractivity contribution in [3.05, 3.63) is 46.9 Å². The topological polar surface area (TPSA) is 134 Å². The van der Waals surface area contributed by atoms with Gasteiger partial charge in [0.05, 0.1) is 19.0 Å². The number of nitroso groups, excluding NO2 is 1. The van der Waals surface area contributed by atoms with Crippen LogP contribution in [0.15, 0.2) is 35.9 Å². The lowest BCUT2D eigenvalue weighted by atomic mass is 10.0. The van der Waals surface area contributed by atoms with Crippen molar-refractivity contribution in [1.82, 2.24) is 9.97 Å². The summed E-state index contributed by atoms with van der Waals surface area (Å²) in [4.78, 5) is 18.7. The minimum Gasteiger partial charge on any atom is -0.503 e. The fourth-order valence-corrected chi connectivity index (χ4v) is 1.80. The number of rotatable bonds is 4. The number of hydrogen-bond donors (Lipinski definition) is 2. The highest BCUT2D eigenvalue weighted by Gasteiger charge is 2.16. The Morgan fingerprint density at radius 2 is 2.23 bits per heavy atom. The number of nitrogens with zero attached hydrogens (tertiary/aromatic N) is 4. The molecular weight excluding hydrogens is 286 g/mol. The van der Waals surface area contributed by atoms with Crippen LogP contribution in [0.2, 0.25) is 0 Å².